The van der Waals surface area contributed by atoms with Crippen molar-refractivity contribution in [3.05, 3.63) is 129 Å². The molecular weight excluding hydrogens is 1670 g/mol. The highest BCUT2D eigenvalue weighted by molar-refractivity contribution is 6.10. The largest absolute Gasteiger partial charge is 0.504 e. The smallest absolute Gasteiger partial charge is 0.344 e. The van der Waals surface area contributed by atoms with Crippen LogP contribution in [-0.2, 0) is 52.2 Å². The van der Waals surface area contributed by atoms with Crippen molar-refractivity contribution in [1.82, 2.24) is 0 Å². The molecule has 9 atom stereocenters. The molecule has 1 fully saturated rings. The maximum atomic E-state index is 15.3. The molecule has 0 saturated carbocycles. The molecule has 0 aliphatic carbocycles. The van der Waals surface area contributed by atoms with Crippen LogP contribution in [0.3, 0.4) is 0 Å². The zero-order valence-corrected chi connectivity index (χ0v) is 60.3. The average Bonchev–Trinajstić information content (AvgIpc) is 0.874. The van der Waals surface area contributed by atoms with Gasteiger partial charge in [0, 0.05) is 34.4 Å². The molecule has 9 aromatic rings. The fraction of sp³-hybridized carbons (Fsp3) is 0.147. The van der Waals surface area contributed by atoms with Crippen LogP contribution in [-0.4, -0.2) is 266 Å². The molecule has 3 aliphatic heterocycles. The molecule has 0 spiro atoms. The maximum absolute atomic E-state index is 15.3. The predicted molar refractivity (Wildman–Crippen MR) is 381 cm³/mol. The number of aldehydes is 1. The van der Waals surface area contributed by atoms with Gasteiger partial charge >= 0.3 is 53.7 Å². The van der Waals surface area contributed by atoms with Gasteiger partial charge in [0.1, 0.15) is 31.0 Å². The van der Waals surface area contributed by atoms with Crippen molar-refractivity contribution in [2.45, 2.75) is 55.1 Å². The summed E-state index contributed by atoms with van der Waals surface area (Å²) in [6.07, 6.45) is -26.4. The third kappa shape index (κ3) is 15.4. The zero-order valence-electron chi connectivity index (χ0n) is 60.3. The summed E-state index contributed by atoms with van der Waals surface area (Å²) in [7, 11) is 0. The van der Waals surface area contributed by atoms with Gasteiger partial charge in [-0.1, -0.05) is 0 Å². The molecular formula is C75H54O48. The number of aliphatic hydroxyl groups is 1. The summed E-state index contributed by atoms with van der Waals surface area (Å²) in [6, 6.07) is 4.15. The first-order valence-corrected chi connectivity index (χ1v) is 33.8. The second-order valence-corrected chi connectivity index (χ2v) is 26.1. The van der Waals surface area contributed by atoms with Gasteiger partial charge in [-0.05, 0) is 66.7 Å². The van der Waals surface area contributed by atoms with Crippen molar-refractivity contribution in [2.24, 2.45) is 0 Å². The Morgan fingerprint density at radius 3 is 1.11 bits per heavy atom. The number of esters is 9. The summed E-state index contributed by atoms with van der Waals surface area (Å²) in [4.78, 5) is 144. The van der Waals surface area contributed by atoms with Gasteiger partial charge in [0.05, 0.1) is 44.5 Å². The summed E-state index contributed by atoms with van der Waals surface area (Å²) in [5.41, 5.74) is -16.5. The summed E-state index contributed by atoms with van der Waals surface area (Å²) in [5.74, 6) is -59.6. The van der Waals surface area contributed by atoms with Gasteiger partial charge in [0.2, 0.25) is 46.9 Å². The number of fused-ring (bicyclic) bond motifs is 7. The van der Waals surface area contributed by atoms with Crippen LogP contribution in [0.15, 0.2) is 78.9 Å². The molecule has 0 amide bonds. The maximum Gasteiger partial charge on any atom is 0.344 e. The zero-order chi connectivity index (χ0) is 90.2. The minimum atomic E-state index is -3.10. The van der Waals surface area contributed by atoms with E-state index in [0.717, 1.165) is 0 Å². The van der Waals surface area contributed by atoms with Crippen LogP contribution in [0.4, 0.5) is 0 Å². The second-order valence-electron chi connectivity index (χ2n) is 26.1. The van der Waals surface area contributed by atoms with Crippen molar-refractivity contribution in [1.29, 1.82) is 0 Å². The Balaban J connectivity index is 0.981. The van der Waals surface area contributed by atoms with Crippen molar-refractivity contribution < 1.29 is 238 Å². The molecule has 9 aromatic carbocycles. The molecule has 0 aromatic heterocycles. The Hall–Kier alpha value is -17.6. The molecule has 1 saturated heterocycles. The number of phenolic OH excluding ortho intramolecular Hbond substituents is 26. The Bertz CT molecular complexity index is 5950. The number of cyclic esters (lactones) is 3. The van der Waals surface area contributed by atoms with Crippen LogP contribution in [0.25, 0.3) is 22.3 Å². The summed E-state index contributed by atoms with van der Waals surface area (Å²) in [5, 5.41) is 293. The number of carbonyl (C=O) groups excluding carboxylic acids is 10. The number of rotatable bonds is 15. The number of benzene rings is 9. The minimum absolute atomic E-state index is 0.0877. The quantitative estimate of drug-likeness (QED) is 0.0303. The number of hydrogen-bond donors (Lipinski definition) is 27. The fourth-order valence-electron chi connectivity index (χ4n) is 12.4. The first-order valence-electron chi connectivity index (χ1n) is 33.8. The van der Waals surface area contributed by atoms with E-state index in [4.69, 9.17) is 52.1 Å². The first kappa shape index (κ1) is 84.8. The highest BCUT2D eigenvalue weighted by Gasteiger charge is 2.56. The molecule has 27 N–H and O–H groups in total. The second kappa shape index (κ2) is 32.1. The van der Waals surface area contributed by atoms with Crippen molar-refractivity contribution in [3.63, 3.8) is 0 Å². The van der Waals surface area contributed by atoms with Crippen molar-refractivity contribution in [3.8, 4) is 183 Å². The average molecular weight is 1720 g/mol. The number of hydrogen-bond acceptors (Lipinski definition) is 48. The van der Waals surface area contributed by atoms with Crippen LogP contribution in [0.2, 0.25) is 0 Å². The van der Waals surface area contributed by atoms with Crippen LogP contribution in [0.5, 0.6) is 161 Å². The third-order valence-electron chi connectivity index (χ3n) is 18.4. The van der Waals surface area contributed by atoms with E-state index in [2.05, 4.69) is 0 Å². The van der Waals surface area contributed by atoms with E-state index in [1.54, 1.807) is 0 Å². The van der Waals surface area contributed by atoms with E-state index < -0.39 is 362 Å². The van der Waals surface area contributed by atoms with Crippen LogP contribution >= 0.6 is 0 Å². The van der Waals surface area contributed by atoms with Crippen LogP contribution < -0.4 is 4.74 Å². The standard InChI is InChI=1S/C75H54O48/c76-14-40(116-66(104)17-1-26(77)46(90)27(78)2-17)62(119-67(105)18-3-28(79)47(91)29(80)4-18)61-38(89)15-113-71(109)24-13-39(54(98)58(102)45(24)44-22(72(110)118-61)10-35(86)52(96)57(44)101)115-60-25(12-37(88)53(97)59(60)103)74(112)123-75-65(122-69(107)20-7-32(83)49(93)33(84)8-20)64(121-68(106)19-5-30(81)48(92)31(82)6-19)63-41(117-75)16-114-70(108)21-9-34(85)50(94)55(99)42(21)43-23(73(111)120-63)11-36(87)51(95)56(43)100/h1-14,38,40-41,61-65,75,77-103H,15-16H2/t38-,40+,41-,61-,62-,63-,64+,65-,75+/m1/s1. The van der Waals surface area contributed by atoms with E-state index in [1.807, 2.05) is 0 Å². The lowest BCUT2D eigenvalue weighted by atomic mass is 9.91. The normalized spacial score (nSPS) is 17.9. The molecule has 3 aliphatic rings. The minimum Gasteiger partial charge on any atom is -0.504 e. The predicted octanol–water partition coefficient (Wildman–Crippen LogP) is 2.59. The fourth-order valence-corrected chi connectivity index (χ4v) is 12.4. The molecule has 3 heterocycles. The van der Waals surface area contributed by atoms with E-state index in [-0.39, 0.29) is 24.3 Å². The lowest BCUT2D eigenvalue weighted by Gasteiger charge is -2.43. The third-order valence-corrected chi connectivity index (χ3v) is 18.4. The number of aromatic hydroxyl groups is 26. The highest BCUT2D eigenvalue weighted by Crippen LogP contribution is 2.58. The number of carbonyl (C=O) groups is 10. The first-order chi connectivity index (χ1) is 57.8. The molecule has 642 valence electrons. The Labute approximate surface area is 676 Å². The van der Waals surface area contributed by atoms with Gasteiger partial charge in [-0.3, -0.25) is 4.79 Å². The lowest BCUT2D eigenvalue weighted by molar-refractivity contribution is -0.282. The van der Waals surface area contributed by atoms with Gasteiger partial charge in [-0.15, -0.1) is 0 Å². The molecule has 0 unspecified atom stereocenters. The topological polar surface area (TPSA) is 818 Å². The molecule has 123 heavy (non-hydrogen) atoms. The molecule has 48 heteroatoms. The van der Waals surface area contributed by atoms with Crippen LogP contribution in [0, 0.1) is 0 Å². The van der Waals surface area contributed by atoms with Crippen molar-refractivity contribution >= 4 is 60.0 Å². The number of ether oxygens (including phenoxy) is 11. The van der Waals surface area contributed by atoms with Gasteiger partial charge < -0.3 is 190 Å². The van der Waals surface area contributed by atoms with Gasteiger partial charge in [-0.2, -0.15) is 0 Å². The van der Waals surface area contributed by atoms with Crippen LogP contribution in [0.1, 0.15) is 93.2 Å². The molecule has 0 bridgehead atoms. The molecule has 0 radical (unpaired) electrons. The van der Waals surface area contributed by atoms with Crippen molar-refractivity contribution in [2.75, 3.05) is 13.2 Å². The molecule has 48 nitrogen and oxygen atoms in total. The van der Waals surface area contributed by atoms with E-state index >= 15 is 4.79 Å². The molecule has 12 rings (SSSR count). The summed E-state index contributed by atoms with van der Waals surface area (Å²) >= 11 is 0. The Morgan fingerprint density at radius 1 is 0.350 bits per heavy atom. The SMILES string of the molecule is O=C[C@H](OC(=O)c1cc(O)c(O)c(O)c1)[C@@H](OC(=O)c1cc(O)c(O)c(O)c1)[C@@H]1OC(=O)c2cc(O)c(O)c(O)c2-c2c(cc(Oc3c(C(=O)O[C@@H]4O[C@@H]5COC(=O)c6cc(O)c(O)c(O)c6-c6c(cc(O)c(O)c6O)C(=O)O[C@H]5[C@H](OC(=O)c5cc(O)c(O)c(O)c5)[C@H]4OC(=O)c4cc(O)c(O)c(O)c4)cc(O)c(O)c3O)c(O)c2O)C(=O)OC[C@H]1O. The Kier molecular flexibility index (Phi) is 22.1. The van der Waals surface area contributed by atoms with E-state index in [1.165, 1.54) is 0 Å². The lowest BCUT2D eigenvalue weighted by Crippen LogP contribution is -2.63. The monoisotopic (exact) mass is 1720 g/mol. The van der Waals surface area contributed by atoms with Gasteiger partial charge in [0.15, 0.2) is 163 Å². The summed E-state index contributed by atoms with van der Waals surface area (Å²) in [6.45, 7) is -3.31. The summed E-state index contributed by atoms with van der Waals surface area (Å²) < 4.78 is 61.2. The van der Waals surface area contributed by atoms with E-state index in [9.17, 15) is 181 Å². The van der Waals surface area contributed by atoms with E-state index in [0.29, 0.717) is 54.6 Å². The Morgan fingerprint density at radius 2 is 0.691 bits per heavy atom. The highest BCUT2D eigenvalue weighted by atomic mass is 16.8. The number of phenols is 26. The van der Waals surface area contributed by atoms with Gasteiger partial charge in [0.25, 0.3) is 0 Å². The number of aliphatic hydroxyl groups excluding tert-OH is 1. The van der Waals surface area contributed by atoms with Gasteiger partial charge in [-0.25, -0.2) is 43.2 Å².